The Kier molecular flexibility index (Phi) is 6.33. The molecule has 1 aromatic rings. The first-order valence-corrected chi connectivity index (χ1v) is 13.7. The summed E-state index contributed by atoms with van der Waals surface area (Å²) < 4.78 is 6.48. The molecule has 3 rings (SSSR count). The van der Waals surface area contributed by atoms with E-state index in [0.717, 1.165) is 38.0 Å². The van der Waals surface area contributed by atoms with Crippen molar-refractivity contribution in [2.24, 2.45) is 11.8 Å². The maximum Gasteiger partial charge on any atom is 0.191 e. The summed E-state index contributed by atoms with van der Waals surface area (Å²) in [6.07, 6.45) is 6.42. The number of hydrogen-bond acceptors (Lipinski definition) is 4. The molecular formula is C22H39N3OSi. The van der Waals surface area contributed by atoms with Crippen LogP contribution >= 0.6 is 0 Å². The molecule has 0 atom stereocenters. The van der Waals surface area contributed by atoms with E-state index < -0.39 is 8.32 Å². The highest BCUT2D eigenvalue weighted by Crippen LogP contribution is 2.38. The highest BCUT2D eigenvalue weighted by Gasteiger charge is 2.38. The molecule has 1 fully saturated rings. The molecule has 1 aromatic heterocycles. The van der Waals surface area contributed by atoms with Crippen molar-refractivity contribution in [2.75, 3.05) is 25.4 Å². The number of fused-ring (bicyclic) bond motifs is 1. The molecule has 2 N–H and O–H groups in total. The van der Waals surface area contributed by atoms with Crippen LogP contribution in [0, 0.1) is 11.8 Å². The quantitative estimate of drug-likeness (QED) is 0.731. The first kappa shape index (κ1) is 20.8. The van der Waals surface area contributed by atoms with Gasteiger partial charge in [-0.05, 0) is 67.3 Å². The Hall–Kier alpha value is -0.913. The van der Waals surface area contributed by atoms with Gasteiger partial charge in [0.15, 0.2) is 8.32 Å². The minimum atomic E-state index is -1.60. The minimum absolute atomic E-state index is 0.314. The molecule has 0 aromatic carbocycles. The maximum atomic E-state index is 6.48. The van der Waals surface area contributed by atoms with Gasteiger partial charge in [-0.3, -0.25) is 4.90 Å². The van der Waals surface area contributed by atoms with Crippen LogP contribution in [-0.4, -0.2) is 37.9 Å². The van der Waals surface area contributed by atoms with Gasteiger partial charge < -0.3 is 10.2 Å². The maximum absolute atomic E-state index is 6.48. The molecule has 27 heavy (non-hydrogen) atoms. The third kappa shape index (κ3) is 5.33. The Balaban J connectivity index is 1.42. The molecule has 0 bridgehead atoms. The van der Waals surface area contributed by atoms with Crippen LogP contribution in [0.25, 0.3) is 0 Å². The smallest absolute Gasteiger partial charge is 0.191 e. The Morgan fingerprint density at radius 2 is 1.81 bits per heavy atom. The molecule has 5 heteroatoms. The first-order chi connectivity index (χ1) is 12.6. The largest absolute Gasteiger partial charge is 0.417 e. The van der Waals surface area contributed by atoms with Crippen LogP contribution in [0.15, 0.2) is 12.1 Å². The monoisotopic (exact) mass is 389 g/mol. The normalized spacial score (nSPS) is 24.6. The molecule has 1 saturated carbocycles. The number of nitrogens with two attached hydrogens (primary N) is 1. The van der Waals surface area contributed by atoms with Crippen LogP contribution in [0.3, 0.4) is 0 Å². The van der Waals surface area contributed by atoms with Gasteiger partial charge >= 0.3 is 0 Å². The average molecular weight is 390 g/mol. The summed E-state index contributed by atoms with van der Waals surface area (Å²) in [5, 5.41) is 0.314. The Bertz CT molecular complexity index is 633. The van der Waals surface area contributed by atoms with E-state index in [2.05, 4.69) is 49.8 Å². The van der Waals surface area contributed by atoms with Gasteiger partial charge in [0, 0.05) is 38.4 Å². The summed E-state index contributed by atoms with van der Waals surface area (Å²) in [6, 6.07) is 4.11. The second-order valence-electron chi connectivity index (χ2n) is 10.3. The van der Waals surface area contributed by atoms with Gasteiger partial charge in [0.2, 0.25) is 0 Å². The lowest BCUT2D eigenvalue weighted by molar-refractivity contribution is 0.137. The Morgan fingerprint density at radius 3 is 2.48 bits per heavy atom. The standard InChI is InChI=1S/C22H39N3OSi/c1-22(2,3)27(4,5)26-16-18-8-6-17(7-9-18)14-25-13-12-20-19(15-25)10-11-21(23)24-20/h10-11,17-18H,6-9,12-16H2,1-5H3,(H2,23,24). The molecule has 152 valence electrons. The van der Waals surface area contributed by atoms with Gasteiger partial charge in [0.1, 0.15) is 5.82 Å². The summed E-state index contributed by atoms with van der Waals surface area (Å²) in [4.78, 5) is 7.13. The van der Waals surface area contributed by atoms with E-state index in [-0.39, 0.29) is 0 Å². The number of nitrogen functional groups attached to an aromatic ring is 1. The lowest BCUT2D eigenvalue weighted by atomic mass is 9.82. The predicted octanol–water partition coefficient (Wildman–Crippen LogP) is 4.85. The van der Waals surface area contributed by atoms with Crippen molar-refractivity contribution in [3.8, 4) is 0 Å². The van der Waals surface area contributed by atoms with Crippen LogP contribution in [0.2, 0.25) is 18.1 Å². The fourth-order valence-corrected chi connectivity index (χ4v) is 5.22. The molecule has 0 saturated heterocycles. The molecule has 1 aliphatic heterocycles. The number of hydrogen-bond donors (Lipinski definition) is 1. The van der Waals surface area contributed by atoms with Gasteiger partial charge in [-0.1, -0.05) is 26.8 Å². The van der Waals surface area contributed by atoms with Crippen molar-refractivity contribution in [1.29, 1.82) is 0 Å². The fourth-order valence-electron chi connectivity index (χ4n) is 4.14. The second kappa shape index (κ2) is 8.22. The molecule has 4 nitrogen and oxygen atoms in total. The summed E-state index contributed by atoms with van der Waals surface area (Å²) in [5.74, 6) is 2.27. The van der Waals surface area contributed by atoms with Crippen LogP contribution < -0.4 is 5.73 Å². The summed E-state index contributed by atoms with van der Waals surface area (Å²) in [6.45, 7) is 16.1. The molecule has 0 spiro atoms. The van der Waals surface area contributed by atoms with Crippen molar-refractivity contribution < 1.29 is 4.43 Å². The number of rotatable bonds is 5. The Labute approximate surface area is 167 Å². The number of pyridine rings is 1. The summed E-state index contributed by atoms with van der Waals surface area (Å²) in [5.41, 5.74) is 8.40. The summed E-state index contributed by atoms with van der Waals surface area (Å²) >= 11 is 0. The zero-order chi connectivity index (χ0) is 19.7. The van der Waals surface area contributed by atoms with Crippen LogP contribution in [0.5, 0.6) is 0 Å². The van der Waals surface area contributed by atoms with Crippen LogP contribution in [-0.2, 0) is 17.4 Å². The molecule has 0 unspecified atom stereocenters. The number of anilines is 1. The van der Waals surface area contributed by atoms with E-state index >= 15 is 0 Å². The predicted molar refractivity (Wildman–Crippen MR) is 116 cm³/mol. The van der Waals surface area contributed by atoms with Crippen molar-refractivity contribution in [3.05, 3.63) is 23.4 Å². The molecule has 2 heterocycles. The van der Waals surface area contributed by atoms with E-state index in [1.165, 1.54) is 43.5 Å². The number of nitrogens with zero attached hydrogens (tertiary/aromatic N) is 2. The third-order valence-corrected chi connectivity index (χ3v) is 11.6. The Morgan fingerprint density at radius 1 is 1.15 bits per heavy atom. The minimum Gasteiger partial charge on any atom is -0.417 e. The van der Waals surface area contributed by atoms with E-state index in [1.54, 1.807) is 0 Å². The lowest BCUT2D eigenvalue weighted by Gasteiger charge is -2.39. The van der Waals surface area contributed by atoms with E-state index in [0.29, 0.717) is 10.9 Å². The van der Waals surface area contributed by atoms with Gasteiger partial charge in [-0.25, -0.2) is 4.98 Å². The van der Waals surface area contributed by atoms with Crippen molar-refractivity contribution in [2.45, 2.75) is 77.6 Å². The molecule has 0 amide bonds. The van der Waals surface area contributed by atoms with Gasteiger partial charge in [0.05, 0.1) is 0 Å². The zero-order valence-corrected chi connectivity index (χ0v) is 19.1. The molecule has 0 radical (unpaired) electrons. The lowest BCUT2D eigenvalue weighted by Crippen LogP contribution is -2.42. The first-order valence-electron chi connectivity index (χ1n) is 10.7. The third-order valence-electron chi connectivity index (χ3n) is 7.12. The summed E-state index contributed by atoms with van der Waals surface area (Å²) in [7, 11) is -1.60. The van der Waals surface area contributed by atoms with Crippen LogP contribution in [0.1, 0.15) is 57.7 Å². The highest BCUT2D eigenvalue weighted by molar-refractivity contribution is 6.74. The van der Waals surface area contributed by atoms with E-state index in [9.17, 15) is 0 Å². The zero-order valence-electron chi connectivity index (χ0n) is 18.1. The van der Waals surface area contributed by atoms with E-state index in [4.69, 9.17) is 10.2 Å². The van der Waals surface area contributed by atoms with Crippen molar-refractivity contribution in [3.63, 3.8) is 0 Å². The molecular weight excluding hydrogens is 350 g/mol. The topological polar surface area (TPSA) is 51.4 Å². The van der Waals surface area contributed by atoms with Gasteiger partial charge in [-0.15, -0.1) is 0 Å². The van der Waals surface area contributed by atoms with E-state index in [1.807, 2.05) is 6.07 Å². The van der Waals surface area contributed by atoms with Crippen molar-refractivity contribution >= 4 is 14.1 Å². The molecule has 2 aliphatic rings. The SMILES string of the molecule is CC(C)(C)[Si](C)(C)OCC1CCC(CN2CCc3nc(N)ccc3C2)CC1. The second-order valence-corrected chi connectivity index (χ2v) is 15.1. The van der Waals surface area contributed by atoms with Crippen molar-refractivity contribution in [1.82, 2.24) is 9.88 Å². The van der Waals surface area contributed by atoms with Crippen LogP contribution in [0.4, 0.5) is 5.82 Å². The van der Waals surface area contributed by atoms with Gasteiger partial charge in [0.25, 0.3) is 0 Å². The van der Waals surface area contributed by atoms with Gasteiger partial charge in [-0.2, -0.15) is 0 Å². The highest BCUT2D eigenvalue weighted by atomic mass is 28.4. The average Bonchev–Trinajstić information content (AvgIpc) is 2.60. The fraction of sp³-hybridized carbons (Fsp3) is 0.773. The number of aromatic nitrogens is 1. The molecule has 1 aliphatic carbocycles.